The molecule has 150 valence electrons. The van der Waals surface area contributed by atoms with Crippen LogP contribution in [0, 0.1) is 0 Å². The highest BCUT2D eigenvalue weighted by Gasteiger charge is 2.47. The zero-order chi connectivity index (χ0) is 19.8. The van der Waals surface area contributed by atoms with Crippen LogP contribution in [0.15, 0.2) is 64.4 Å². The van der Waals surface area contributed by atoms with E-state index < -0.39 is 10.0 Å². The summed E-state index contributed by atoms with van der Waals surface area (Å²) in [6.45, 7) is 2.21. The van der Waals surface area contributed by atoms with Gasteiger partial charge in [0.1, 0.15) is 11.0 Å². The van der Waals surface area contributed by atoms with Gasteiger partial charge in [-0.25, -0.2) is 13.4 Å². The molecule has 2 aliphatic rings. The van der Waals surface area contributed by atoms with Gasteiger partial charge in [0.25, 0.3) is 0 Å². The van der Waals surface area contributed by atoms with Crippen LogP contribution in [0.3, 0.4) is 0 Å². The summed E-state index contributed by atoms with van der Waals surface area (Å²) >= 11 is 1.66. The van der Waals surface area contributed by atoms with Crippen molar-refractivity contribution in [3.63, 3.8) is 0 Å². The van der Waals surface area contributed by atoms with Crippen LogP contribution in [-0.4, -0.2) is 52.8 Å². The predicted octanol–water partition coefficient (Wildman–Crippen LogP) is 2.37. The third kappa shape index (κ3) is 3.55. The lowest BCUT2D eigenvalue weighted by atomic mass is 10.2. The molecule has 0 radical (unpaired) electrons. The molecule has 1 saturated heterocycles. The number of fused-ring (bicyclic) bond motifs is 2. The lowest BCUT2D eigenvalue weighted by Gasteiger charge is -2.27. The Kier molecular flexibility index (Phi) is 4.83. The van der Waals surface area contributed by atoms with Crippen molar-refractivity contribution in [3.8, 4) is 5.88 Å². The third-order valence-electron chi connectivity index (χ3n) is 5.30. The SMILES string of the molecule is O=S1(=O)c2cccnc2O[C@@H]2CN(Cc3ccsc3)C[C@@H]2N1Cc1ccccn1. The van der Waals surface area contributed by atoms with Gasteiger partial charge in [-0.3, -0.25) is 9.88 Å². The molecule has 0 spiro atoms. The smallest absolute Gasteiger partial charge is 0.249 e. The number of rotatable bonds is 4. The maximum absolute atomic E-state index is 13.6. The van der Waals surface area contributed by atoms with Crippen LogP contribution < -0.4 is 4.74 Å². The number of ether oxygens (including phenoxy) is 1. The molecule has 0 saturated carbocycles. The monoisotopic (exact) mass is 428 g/mol. The van der Waals surface area contributed by atoms with Crippen molar-refractivity contribution < 1.29 is 13.2 Å². The highest BCUT2D eigenvalue weighted by molar-refractivity contribution is 7.89. The number of aromatic nitrogens is 2. The van der Waals surface area contributed by atoms with E-state index in [1.54, 1.807) is 40.2 Å². The molecule has 0 bridgehead atoms. The number of hydrogen-bond acceptors (Lipinski definition) is 7. The Bertz CT molecular complexity index is 1090. The molecule has 7 nitrogen and oxygen atoms in total. The summed E-state index contributed by atoms with van der Waals surface area (Å²) in [4.78, 5) is 10.9. The minimum Gasteiger partial charge on any atom is -0.470 e. The Morgan fingerprint density at radius 2 is 1.97 bits per heavy atom. The average Bonchev–Trinajstić information content (AvgIpc) is 3.36. The largest absolute Gasteiger partial charge is 0.470 e. The second kappa shape index (κ2) is 7.49. The zero-order valence-corrected chi connectivity index (χ0v) is 17.2. The molecule has 0 aromatic carbocycles. The highest BCUT2D eigenvalue weighted by Crippen LogP contribution is 2.36. The van der Waals surface area contributed by atoms with E-state index in [1.165, 1.54) is 5.56 Å². The minimum atomic E-state index is -3.78. The summed E-state index contributed by atoms with van der Waals surface area (Å²) in [5.74, 6) is 0.184. The average molecular weight is 429 g/mol. The van der Waals surface area contributed by atoms with Gasteiger partial charge in [0.15, 0.2) is 0 Å². The molecule has 3 aromatic heterocycles. The van der Waals surface area contributed by atoms with Gasteiger partial charge in [-0.2, -0.15) is 15.6 Å². The fraction of sp³-hybridized carbons (Fsp3) is 0.300. The van der Waals surface area contributed by atoms with Gasteiger partial charge in [0.2, 0.25) is 15.9 Å². The fourth-order valence-corrected chi connectivity index (χ4v) is 6.30. The van der Waals surface area contributed by atoms with Crippen molar-refractivity contribution in [2.45, 2.75) is 30.1 Å². The van der Waals surface area contributed by atoms with Gasteiger partial charge < -0.3 is 4.74 Å². The van der Waals surface area contributed by atoms with Gasteiger partial charge in [-0.05, 0) is 46.7 Å². The zero-order valence-electron chi connectivity index (χ0n) is 15.6. The fourth-order valence-electron chi connectivity index (χ4n) is 3.96. The van der Waals surface area contributed by atoms with Gasteiger partial charge in [-0.15, -0.1) is 0 Å². The first-order valence-electron chi connectivity index (χ1n) is 9.38. The van der Waals surface area contributed by atoms with Crippen molar-refractivity contribution in [1.82, 2.24) is 19.2 Å². The summed E-state index contributed by atoms with van der Waals surface area (Å²) in [7, 11) is -3.78. The summed E-state index contributed by atoms with van der Waals surface area (Å²) in [6.07, 6.45) is 2.96. The van der Waals surface area contributed by atoms with Gasteiger partial charge in [-0.1, -0.05) is 6.07 Å². The number of pyridine rings is 2. The normalized spacial score (nSPS) is 23.7. The molecule has 9 heteroatoms. The number of nitrogens with zero attached hydrogens (tertiary/aromatic N) is 4. The Morgan fingerprint density at radius 1 is 1.07 bits per heavy atom. The molecule has 0 amide bonds. The molecule has 2 atom stereocenters. The van der Waals surface area contributed by atoms with Crippen LogP contribution in [0.4, 0.5) is 0 Å². The van der Waals surface area contributed by atoms with Crippen LogP contribution in [0.2, 0.25) is 0 Å². The van der Waals surface area contributed by atoms with Crippen LogP contribution >= 0.6 is 11.3 Å². The topological polar surface area (TPSA) is 75.6 Å². The minimum absolute atomic E-state index is 0.120. The molecule has 5 heterocycles. The second-order valence-corrected chi connectivity index (χ2v) is 9.87. The van der Waals surface area contributed by atoms with Crippen molar-refractivity contribution in [2.24, 2.45) is 0 Å². The number of hydrogen-bond donors (Lipinski definition) is 0. The Labute approximate surface area is 173 Å². The Morgan fingerprint density at radius 3 is 2.76 bits per heavy atom. The van der Waals surface area contributed by atoms with E-state index in [0.717, 1.165) is 6.54 Å². The predicted molar refractivity (Wildman–Crippen MR) is 109 cm³/mol. The van der Waals surface area contributed by atoms with E-state index in [1.807, 2.05) is 18.2 Å². The molecule has 0 aliphatic carbocycles. The molecule has 1 fully saturated rings. The number of thiophene rings is 1. The second-order valence-electron chi connectivity index (χ2n) is 7.23. The third-order valence-corrected chi connectivity index (χ3v) is 7.91. The molecular formula is C20H20N4O3S2. The van der Waals surface area contributed by atoms with Crippen LogP contribution in [0.25, 0.3) is 0 Å². The first kappa shape index (κ1) is 18.7. The van der Waals surface area contributed by atoms with E-state index in [9.17, 15) is 8.42 Å². The highest BCUT2D eigenvalue weighted by atomic mass is 32.2. The van der Waals surface area contributed by atoms with Crippen molar-refractivity contribution in [3.05, 3.63) is 70.8 Å². The maximum Gasteiger partial charge on any atom is 0.249 e. The lowest BCUT2D eigenvalue weighted by Crippen LogP contribution is -2.46. The molecule has 2 aliphatic heterocycles. The number of sulfonamides is 1. The van der Waals surface area contributed by atoms with E-state index in [0.29, 0.717) is 18.8 Å². The van der Waals surface area contributed by atoms with Crippen molar-refractivity contribution in [2.75, 3.05) is 13.1 Å². The van der Waals surface area contributed by atoms with Gasteiger partial charge >= 0.3 is 0 Å². The van der Waals surface area contributed by atoms with Crippen molar-refractivity contribution >= 4 is 21.4 Å². The van der Waals surface area contributed by atoms with E-state index in [-0.39, 0.29) is 29.5 Å². The van der Waals surface area contributed by atoms with E-state index in [4.69, 9.17) is 4.74 Å². The Hall–Kier alpha value is -2.33. The van der Waals surface area contributed by atoms with Gasteiger partial charge in [0, 0.05) is 32.0 Å². The maximum atomic E-state index is 13.6. The summed E-state index contributed by atoms with van der Waals surface area (Å²) in [5, 5.41) is 4.17. The summed E-state index contributed by atoms with van der Waals surface area (Å²) in [6, 6.07) is 10.5. The van der Waals surface area contributed by atoms with E-state index >= 15 is 0 Å². The first-order chi connectivity index (χ1) is 14.1. The van der Waals surface area contributed by atoms with Gasteiger partial charge in [0.05, 0.1) is 18.3 Å². The van der Waals surface area contributed by atoms with E-state index in [2.05, 4.69) is 31.7 Å². The number of likely N-dealkylation sites (tertiary alicyclic amines) is 1. The van der Waals surface area contributed by atoms with Crippen molar-refractivity contribution in [1.29, 1.82) is 0 Å². The Balaban J connectivity index is 1.52. The molecule has 0 N–H and O–H groups in total. The standard InChI is InChI=1S/C20H20N4O3S2/c25-29(26)19-5-3-8-22-20(19)27-18-13-23(10-15-6-9-28-14-15)12-17(18)24(29)11-16-4-1-2-7-21-16/h1-9,14,17-18H,10-13H2/t17-,18+/m0/s1. The molecule has 5 rings (SSSR count). The lowest BCUT2D eigenvalue weighted by molar-refractivity contribution is 0.143. The molecule has 0 unspecified atom stereocenters. The molecule has 29 heavy (non-hydrogen) atoms. The van der Waals surface area contributed by atoms with Crippen LogP contribution in [0.5, 0.6) is 5.88 Å². The molecular weight excluding hydrogens is 408 g/mol. The quantitative estimate of drug-likeness (QED) is 0.635. The molecule has 3 aromatic rings. The first-order valence-corrected chi connectivity index (χ1v) is 11.8. The van der Waals surface area contributed by atoms with Crippen LogP contribution in [-0.2, 0) is 23.1 Å². The van der Waals surface area contributed by atoms with Crippen LogP contribution in [0.1, 0.15) is 11.3 Å². The summed E-state index contributed by atoms with van der Waals surface area (Å²) in [5.41, 5.74) is 1.93. The summed E-state index contributed by atoms with van der Waals surface area (Å²) < 4.78 is 34.8.